The maximum Gasteiger partial charge on any atom is 0.236 e. The van der Waals surface area contributed by atoms with Gasteiger partial charge in [0.05, 0.1) is 12.2 Å². The summed E-state index contributed by atoms with van der Waals surface area (Å²) < 4.78 is 13.7. The Labute approximate surface area is 119 Å². The smallest absolute Gasteiger partial charge is 0.236 e. The molecule has 1 fully saturated rings. The molecule has 1 aromatic rings. The van der Waals surface area contributed by atoms with Crippen LogP contribution < -0.4 is 10.2 Å². The molecule has 1 aromatic carbocycles. The molecule has 1 aliphatic heterocycles. The van der Waals surface area contributed by atoms with Gasteiger partial charge in [0.1, 0.15) is 5.82 Å². The molecule has 1 saturated heterocycles. The Kier molecular flexibility index (Phi) is 5.35. The van der Waals surface area contributed by atoms with Gasteiger partial charge in [0, 0.05) is 26.2 Å². The third-order valence-electron chi connectivity index (χ3n) is 3.53. The van der Waals surface area contributed by atoms with E-state index < -0.39 is 0 Å². The highest BCUT2D eigenvalue weighted by Crippen LogP contribution is 2.19. The van der Waals surface area contributed by atoms with Crippen LogP contribution in [0.15, 0.2) is 24.3 Å². The van der Waals surface area contributed by atoms with Crippen molar-refractivity contribution >= 4 is 11.6 Å². The zero-order valence-corrected chi connectivity index (χ0v) is 11.9. The molecule has 0 saturated carbocycles. The molecule has 0 aliphatic carbocycles. The number of rotatable bonds is 5. The topological polar surface area (TPSA) is 35.6 Å². The number of nitrogens with one attached hydrogen (secondary N) is 1. The Hall–Kier alpha value is -1.62. The molecule has 1 amide bonds. The zero-order valence-electron chi connectivity index (χ0n) is 11.9. The summed E-state index contributed by atoms with van der Waals surface area (Å²) in [6, 6.07) is 6.79. The molecular weight excluding hydrogens is 257 g/mol. The van der Waals surface area contributed by atoms with Crippen LogP contribution in [-0.4, -0.2) is 50.1 Å². The molecule has 0 aromatic heterocycles. The minimum absolute atomic E-state index is 0.131. The molecular formula is C15H22FN3O. The first-order chi connectivity index (χ1) is 9.72. The number of hydrogen-bond acceptors (Lipinski definition) is 3. The third kappa shape index (κ3) is 3.70. The van der Waals surface area contributed by atoms with Crippen LogP contribution >= 0.6 is 0 Å². The van der Waals surface area contributed by atoms with Crippen molar-refractivity contribution in [1.29, 1.82) is 0 Å². The largest absolute Gasteiger partial charge is 0.366 e. The molecule has 1 heterocycles. The summed E-state index contributed by atoms with van der Waals surface area (Å²) >= 11 is 0. The van der Waals surface area contributed by atoms with Crippen LogP contribution in [0.2, 0.25) is 0 Å². The second-order valence-electron chi connectivity index (χ2n) is 5.00. The molecule has 110 valence electrons. The van der Waals surface area contributed by atoms with Gasteiger partial charge in [0.15, 0.2) is 0 Å². The standard InChI is InChI=1S/C15H22FN3O/c1-2-7-17-12-15(20)19-10-8-18(9-11-19)14-6-4-3-5-13(14)16/h3-6,17H,2,7-12H2,1H3. The van der Waals surface area contributed by atoms with Gasteiger partial charge < -0.3 is 15.1 Å². The van der Waals surface area contributed by atoms with E-state index in [1.54, 1.807) is 12.1 Å². The third-order valence-corrected chi connectivity index (χ3v) is 3.53. The highest BCUT2D eigenvalue weighted by Gasteiger charge is 2.22. The lowest BCUT2D eigenvalue weighted by molar-refractivity contribution is -0.130. The number of carbonyl (C=O) groups excluding carboxylic acids is 1. The number of halogens is 1. The molecule has 20 heavy (non-hydrogen) atoms. The van der Waals surface area contributed by atoms with Crippen LogP contribution in [0.25, 0.3) is 0 Å². The number of para-hydroxylation sites is 1. The Morgan fingerprint density at radius 2 is 1.95 bits per heavy atom. The lowest BCUT2D eigenvalue weighted by Crippen LogP contribution is -2.51. The molecule has 0 spiro atoms. The Bertz CT molecular complexity index is 444. The van der Waals surface area contributed by atoms with Gasteiger partial charge in [-0.2, -0.15) is 0 Å². The molecule has 0 bridgehead atoms. The van der Waals surface area contributed by atoms with Crippen molar-refractivity contribution in [3.05, 3.63) is 30.1 Å². The molecule has 0 radical (unpaired) electrons. The average molecular weight is 279 g/mol. The van der Waals surface area contributed by atoms with E-state index in [2.05, 4.69) is 12.2 Å². The quantitative estimate of drug-likeness (QED) is 0.829. The minimum Gasteiger partial charge on any atom is -0.366 e. The summed E-state index contributed by atoms with van der Waals surface area (Å²) in [5, 5.41) is 3.12. The van der Waals surface area contributed by atoms with Gasteiger partial charge in [0.2, 0.25) is 5.91 Å². The van der Waals surface area contributed by atoms with Crippen molar-refractivity contribution in [2.45, 2.75) is 13.3 Å². The number of anilines is 1. The SMILES string of the molecule is CCCNCC(=O)N1CCN(c2ccccc2F)CC1. The van der Waals surface area contributed by atoms with Crippen molar-refractivity contribution in [2.24, 2.45) is 0 Å². The van der Waals surface area contributed by atoms with E-state index in [9.17, 15) is 9.18 Å². The second-order valence-corrected chi connectivity index (χ2v) is 5.00. The Morgan fingerprint density at radius 3 is 2.60 bits per heavy atom. The van der Waals surface area contributed by atoms with E-state index in [-0.39, 0.29) is 11.7 Å². The van der Waals surface area contributed by atoms with Crippen LogP contribution in [0.3, 0.4) is 0 Å². The van der Waals surface area contributed by atoms with Gasteiger partial charge >= 0.3 is 0 Å². The maximum atomic E-state index is 13.7. The minimum atomic E-state index is -0.197. The van der Waals surface area contributed by atoms with E-state index >= 15 is 0 Å². The monoisotopic (exact) mass is 279 g/mol. The first-order valence-corrected chi connectivity index (χ1v) is 7.20. The highest BCUT2D eigenvalue weighted by atomic mass is 19.1. The number of benzene rings is 1. The van der Waals surface area contributed by atoms with Crippen LogP contribution in [0.5, 0.6) is 0 Å². The van der Waals surface area contributed by atoms with E-state index in [0.29, 0.717) is 38.4 Å². The van der Waals surface area contributed by atoms with Crippen LogP contribution in [0.4, 0.5) is 10.1 Å². The summed E-state index contributed by atoms with van der Waals surface area (Å²) in [6.07, 6.45) is 1.02. The maximum absolute atomic E-state index is 13.7. The fourth-order valence-corrected chi connectivity index (χ4v) is 2.39. The van der Waals surface area contributed by atoms with Gasteiger partial charge in [-0.1, -0.05) is 19.1 Å². The highest BCUT2D eigenvalue weighted by molar-refractivity contribution is 5.78. The fraction of sp³-hybridized carbons (Fsp3) is 0.533. The number of nitrogens with zero attached hydrogens (tertiary/aromatic N) is 2. The van der Waals surface area contributed by atoms with Crippen molar-refractivity contribution < 1.29 is 9.18 Å². The Balaban J connectivity index is 1.83. The normalized spacial score (nSPS) is 15.5. The van der Waals surface area contributed by atoms with Gasteiger partial charge in [0.25, 0.3) is 0 Å². The predicted octanol–water partition coefficient (Wildman–Crippen LogP) is 1.47. The molecule has 1 aliphatic rings. The summed E-state index contributed by atoms with van der Waals surface area (Å²) in [5.74, 6) is -0.0662. The van der Waals surface area contributed by atoms with Gasteiger partial charge in [-0.05, 0) is 25.1 Å². The molecule has 4 nitrogen and oxygen atoms in total. The van der Waals surface area contributed by atoms with Crippen LogP contribution in [0, 0.1) is 5.82 Å². The number of carbonyl (C=O) groups is 1. The molecule has 0 atom stereocenters. The summed E-state index contributed by atoms with van der Waals surface area (Å²) in [7, 11) is 0. The van der Waals surface area contributed by atoms with Gasteiger partial charge in [-0.3, -0.25) is 4.79 Å². The van der Waals surface area contributed by atoms with E-state index in [0.717, 1.165) is 13.0 Å². The van der Waals surface area contributed by atoms with Gasteiger partial charge in [-0.15, -0.1) is 0 Å². The fourth-order valence-electron chi connectivity index (χ4n) is 2.39. The van der Waals surface area contributed by atoms with Gasteiger partial charge in [-0.25, -0.2) is 4.39 Å². The summed E-state index contributed by atoms with van der Waals surface area (Å²) in [6.45, 7) is 6.00. The summed E-state index contributed by atoms with van der Waals surface area (Å²) in [5.41, 5.74) is 0.628. The molecule has 5 heteroatoms. The predicted molar refractivity (Wildman–Crippen MR) is 78.4 cm³/mol. The zero-order chi connectivity index (χ0) is 14.4. The first kappa shape index (κ1) is 14.8. The molecule has 0 unspecified atom stereocenters. The first-order valence-electron chi connectivity index (χ1n) is 7.20. The number of amides is 1. The van der Waals surface area contributed by atoms with Crippen molar-refractivity contribution in [1.82, 2.24) is 10.2 Å². The van der Waals surface area contributed by atoms with Crippen molar-refractivity contribution in [2.75, 3.05) is 44.2 Å². The molecule has 1 N–H and O–H groups in total. The Morgan fingerprint density at radius 1 is 1.25 bits per heavy atom. The van der Waals surface area contributed by atoms with E-state index in [1.165, 1.54) is 6.07 Å². The lowest BCUT2D eigenvalue weighted by Gasteiger charge is -2.36. The van der Waals surface area contributed by atoms with Crippen molar-refractivity contribution in [3.8, 4) is 0 Å². The van der Waals surface area contributed by atoms with Crippen LogP contribution in [0.1, 0.15) is 13.3 Å². The average Bonchev–Trinajstić information content (AvgIpc) is 2.48. The second kappa shape index (κ2) is 7.24. The molecule has 2 rings (SSSR count). The van der Waals surface area contributed by atoms with E-state index in [1.807, 2.05) is 15.9 Å². The van der Waals surface area contributed by atoms with E-state index in [4.69, 9.17) is 0 Å². The number of hydrogen-bond donors (Lipinski definition) is 1. The number of piperazine rings is 1. The lowest BCUT2D eigenvalue weighted by atomic mass is 10.2. The summed E-state index contributed by atoms with van der Waals surface area (Å²) in [4.78, 5) is 15.8. The van der Waals surface area contributed by atoms with Crippen molar-refractivity contribution in [3.63, 3.8) is 0 Å². The van der Waals surface area contributed by atoms with Crippen LogP contribution in [-0.2, 0) is 4.79 Å².